The van der Waals surface area contributed by atoms with Crippen LogP contribution in [-0.4, -0.2) is 42.5 Å². The predicted octanol–water partition coefficient (Wildman–Crippen LogP) is 0.516. The number of amides is 1. The summed E-state index contributed by atoms with van der Waals surface area (Å²) in [7, 11) is 2.14. The number of carbonyl (C=O) groups is 1. The van der Waals surface area contributed by atoms with Crippen LogP contribution in [-0.2, 0) is 0 Å². The molecule has 0 atom stereocenters. The number of aromatic nitrogens is 1. The van der Waals surface area contributed by atoms with Crippen LogP contribution in [0.5, 0.6) is 0 Å². The maximum Gasteiger partial charge on any atom is 0.250 e. The summed E-state index contributed by atoms with van der Waals surface area (Å²) in [6.45, 7) is 3.13. The van der Waals surface area contributed by atoms with Gasteiger partial charge < -0.3 is 21.7 Å². The molecule has 2 heterocycles. The Kier molecular flexibility index (Phi) is 4.21. The highest BCUT2D eigenvalue weighted by Gasteiger charge is 2.16. The van der Waals surface area contributed by atoms with E-state index in [0.29, 0.717) is 23.0 Å². The number of pyridine rings is 1. The second-order valence-electron chi connectivity index (χ2n) is 5.15. The molecule has 19 heavy (non-hydrogen) atoms. The zero-order valence-electron chi connectivity index (χ0n) is 11.2. The van der Waals surface area contributed by atoms with Crippen LogP contribution in [0, 0.1) is 5.92 Å². The number of carbonyl (C=O) groups excluding carboxylic acids is 1. The van der Waals surface area contributed by atoms with Crippen LogP contribution in [0.25, 0.3) is 0 Å². The van der Waals surface area contributed by atoms with Gasteiger partial charge >= 0.3 is 0 Å². The number of nitrogens with zero attached hydrogens (tertiary/aromatic N) is 2. The van der Waals surface area contributed by atoms with Gasteiger partial charge in [-0.15, -0.1) is 0 Å². The van der Waals surface area contributed by atoms with Gasteiger partial charge in [0.25, 0.3) is 5.91 Å². The van der Waals surface area contributed by atoms with Crippen LogP contribution in [0.1, 0.15) is 23.2 Å². The molecule has 1 amide bonds. The Labute approximate surface area is 113 Å². The van der Waals surface area contributed by atoms with E-state index in [1.165, 1.54) is 19.0 Å². The number of nitrogens with one attached hydrogen (secondary N) is 1. The molecule has 0 aromatic carbocycles. The summed E-state index contributed by atoms with van der Waals surface area (Å²) in [6, 6.07) is 1.62. The summed E-state index contributed by atoms with van der Waals surface area (Å²) < 4.78 is 0. The number of nitrogens with two attached hydrogens (primary N) is 2. The summed E-state index contributed by atoms with van der Waals surface area (Å²) in [5.41, 5.74) is 11.5. The first-order valence-electron chi connectivity index (χ1n) is 6.54. The molecule has 2 rings (SSSR count). The molecule has 0 saturated carbocycles. The SMILES string of the molecule is CN1CCC(CNc2cc(C(N)=O)c(N)cn2)CC1. The molecule has 0 radical (unpaired) electrons. The minimum Gasteiger partial charge on any atom is -0.397 e. The van der Waals surface area contributed by atoms with Crippen LogP contribution in [0.2, 0.25) is 0 Å². The van der Waals surface area contributed by atoms with Crippen LogP contribution in [0.4, 0.5) is 11.5 Å². The fourth-order valence-corrected chi connectivity index (χ4v) is 2.29. The third-order valence-electron chi connectivity index (χ3n) is 3.61. The van der Waals surface area contributed by atoms with Crippen molar-refractivity contribution >= 4 is 17.4 Å². The lowest BCUT2D eigenvalue weighted by Crippen LogP contribution is -2.33. The second-order valence-corrected chi connectivity index (χ2v) is 5.15. The van der Waals surface area contributed by atoms with Crippen molar-refractivity contribution < 1.29 is 4.79 Å². The molecule has 1 fully saturated rings. The molecule has 104 valence electrons. The average molecular weight is 263 g/mol. The van der Waals surface area contributed by atoms with E-state index >= 15 is 0 Å². The van der Waals surface area contributed by atoms with E-state index in [-0.39, 0.29) is 0 Å². The first kappa shape index (κ1) is 13.6. The number of hydrogen-bond donors (Lipinski definition) is 3. The van der Waals surface area contributed by atoms with Crippen molar-refractivity contribution in [1.82, 2.24) is 9.88 Å². The van der Waals surface area contributed by atoms with E-state index in [9.17, 15) is 4.79 Å². The number of rotatable bonds is 4. The standard InChI is InChI=1S/C13H21N5O/c1-18-4-2-9(3-5-18)7-16-12-6-10(13(15)19)11(14)8-17-12/h6,8-9H,2-5,7,14H2,1H3,(H2,15,19)(H,16,17). The molecule has 0 unspecified atom stereocenters. The number of anilines is 2. The quantitative estimate of drug-likeness (QED) is 0.735. The zero-order chi connectivity index (χ0) is 13.8. The molecule has 0 bridgehead atoms. The number of likely N-dealkylation sites (tertiary alicyclic amines) is 1. The minimum absolute atomic E-state index is 0.317. The molecular weight excluding hydrogens is 242 g/mol. The molecule has 1 saturated heterocycles. The van der Waals surface area contributed by atoms with Gasteiger partial charge in [-0.1, -0.05) is 0 Å². The molecule has 1 aromatic rings. The fourth-order valence-electron chi connectivity index (χ4n) is 2.29. The monoisotopic (exact) mass is 263 g/mol. The van der Waals surface area contributed by atoms with Crippen molar-refractivity contribution in [3.63, 3.8) is 0 Å². The molecule has 1 aromatic heterocycles. The normalized spacial score (nSPS) is 17.3. The van der Waals surface area contributed by atoms with Crippen molar-refractivity contribution in [2.24, 2.45) is 11.7 Å². The van der Waals surface area contributed by atoms with Gasteiger partial charge in [0.05, 0.1) is 17.4 Å². The van der Waals surface area contributed by atoms with Crippen LogP contribution in [0.3, 0.4) is 0 Å². The number of piperidine rings is 1. The van der Waals surface area contributed by atoms with Gasteiger partial charge in [0.2, 0.25) is 0 Å². The Balaban J connectivity index is 1.92. The Hall–Kier alpha value is -1.82. The van der Waals surface area contributed by atoms with Gasteiger partial charge in [-0.05, 0) is 45.0 Å². The van der Waals surface area contributed by atoms with Gasteiger partial charge in [-0.3, -0.25) is 4.79 Å². The lowest BCUT2D eigenvalue weighted by Gasteiger charge is -2.29. The first-order valence-corrected chi connectivity index (χ1v) is 6.54. The highest BCUT2D eigenvalue weighted by Crippen LogP contribution is 2.18. The molecule has 6 nitrogen and oxygen atoms in total. The average Bonchev–Trinajstić information content (AvgIpc) is 2.39. The Morgan fingerprint density at radius 1 is 1.53 bits per heavy atom. The van der Waals surface area contributed by atoms with Crippen molar-refractivity contribution in [2.45, 2.75) is 12.8 Å². The van der Waals surface area contributed by atoms with Gasteiger partial charge in [-0.25, -0.2) is 4.98 Å². The number of primary amides is 1. The molecule has 6 heteroatoms. The van der Waals surface area contributed by atoms with Crippen molar-refractivity contribution in [3.05, 3.63) is 17.8 Å². The van der Waals surface area contributed by atoms with E-state index < -0.39 is 5.91 Å². The Morgan fingerprint density at radius 3 is 2.84 bits per heavy atom. The largest absolute Gasteiger partial charge is 0.397 e. The van der Waals surface area contributed by atoms with E-state index in [4.69, 9.17) is 11.5 Å². The third kappa shape index (κ3) is 3.57. The number of hydrogen-bond acceptors (Lipinski definition) is 5. The van der Waals surface area contributed by atoms with Crippen LogP contribution >= 0.6 is 0 Å². The molecule has 5 N–H and O–H groups in total. The molecule has 1 aliphatic rings. The lowest BCUT2D eigenvalue weighted by atomic mass is 9.97. The van der Waals surface area contributed by atoms with Gasteiger partial charge in [0.1, 0.15) is 5.82 Å². The second kappa shape index (κ2) is 5.88. The van der Waals surface area contributed by atoms with Crippen molar-refractivity contribution in [1.29, 1.82) is 0 Å². The highest BCUT2D eigenvalue weighted by atomic mass is 16.1. The topological polar surface area (TPSA) is 97.3 Å². The van der Waals surface area contributed by atoms with Gasteiger partial charge in [0.15, 0.2) is 0 Å². The number of nitrogen functional groups attached to an aromatic ring is 1. The first-order chi connectivity index (χ1) is 9.06. The smallest absolute Gasteiger partial charge is 0.250 e. The van der Waals surface area contributed by atoms with E-state index in [2.05, 4.69) is 22.2 Å². The minimum atomic E-state index is -0.526. The summed E-state index contributed by atoms with van der Waals surface area (Å²) in [5, 5.41) is 3.26. The lowest BCUT2D eigenvalue weighted by molar-refractivity contribution is 0.100. The molecular formula is C13H21N5O. The Morgan fingerprint density at radius 2 is 2.21 bits per heavy atom. The van der Waals surface area contributed by atoms with E-state index in [0.717, 1.165) is 19.6 Å². The fraction of sp³-hybridized carbons (Fsp3) is 0.538. The molecule has 1 aliphatic heterocycles. The van der Waals surface area contributed by atoms with E-state index in [1.807, 2.05) is 0 Å². The van der Waals surface area contributed by atoms with Crippen molar-refractivity contribution in [3.8, 4) is 0 Å². The highest BCUT2D eigenvalue weighted by molar-refractivity contribution is 5.98. The van der Waals surface area contributed by atoms with Gasteiger partial charge in [-0.2, -0.15) is 0 Å². The third-order valence-corrected chi connectivity index (χ3v) is 3.61. The maximum atomic E-state index is 11.2. The summed E-state index contributed by atoms with van der Waals surface area (Å²) in [5.74, 6) is 0.775. The summed E-state index contributed by atoms with van der Waals surface area (Å²) in [4.78, 5) is 17.7. The molecule has 0 aliphatic carbocycles. The molecule has 0 spiro atoms. The summed E-state index contributed by atoms with van der Waals surface area (Å²) >= 11 is 0. The van der Waals surface area contributed by atoms with Gasteiger partial charge in [0, 0.05) is 6.54 Å². The van der Waals surface area contributed by atoms with Crippen molar-refractivity contribution in [2.75, 3.05) is 37.7 Å². The maximum absolute atomic E-state index is 11.2. The van der Waals surface area contributed by atoms with Crippen LogP contribution < -0.4 is 16.8 Å². The van der Waals surface area contributed by atoms with Crippen LogP contribution in [0.15, 0.2) is 12.3 Å². The van der Waals surface area contributed by atoms with E-state index in [1.54, 1.807) is 6.07 Å². The predicted molar refractivity (Wildman–Crippen MR) is 75.9 cm³/mol. The Bertz CT molecular complexity index is 454. The summed E-state index contributed by atoms with van der Waals surface area (Å²) in [6.07, 6.45) is 3.83. The zero-order valence-corrected chi connectivity index (χ0v) is 11.2.